The van der Waals surface area contributed by atoms with Gasteiger partial charge in [-0.25, -0.2) is 9.97 Å². The van der Waals surface area contributed by atoms with Gasteiger partial charge in [0.2, 0.25) is 0 Å². The number of hydrogen-bond donors (Lipinski definition) is 1. The predicted octanol–water partition coefficient (Wildman–Crippen LogP) is 2.50. The van der Waals surface area contributed by atoms with E-state index in [9.17, 15) is 0 Å². The molecular weight excluding hydrogens is 198 g/mol. The average Bonchev–Trinajstić information content (AvgIpc) is 2.14. The van der Waals surface area contributed by atoms with E-state index >= 15 is 0 Å². The van der Waals surface area contributed by atoms with Gasteiger partial charge in [-0.1, -0.05) is 13.3 Å². The van der Waals surface area contributed by atoms with Crippen molar-refractivity contribution in [2.24, 2.45) is 5.73 Å². The van der Waals surface area contributed by atoms with Crippen molar-refractivity contribution in [3.05, 3.63) is 23.3 Å². The fourth-order valence-corrected chi connectivity index (χ4v) is 2.13. The zero-order valence-corrected chi connectivity index (χ0v) is 10.2. The lowest BCUT2D eigenvalue weighted by Crippen LogP contribution is -2.15. The Morgan fingerprint density at radius 3 is 2.75 bits per heavy atom. The molecule has 1 atom stereocenters. The van der Waals surface area contributed by atoms with Gasteiger partial charge in [-0.05, 0) is 38.8 Å². The van der Waals surface area contributed by atoms with Crippen LogP contribution in [0.2, 0.25) is 0 Å². The molecule has 1 aliphatic carbocycles. The summed E-state index contributed by atoms with van der Waals surface area (Å²) in [4.78, 5) is 9.23. The van der Waals surface area contributed by atoms with Gasteiger partial charge in [0.15, 0.2) is 0 Å². The highest BCUT2D eigenvalue weighted by atomic mass is 14.9. The summed E-state index contributed by atoms with van der Waals surface area (Å²) >= 11 is 0. The highest BCUT2D eigenvalue weighted by Crippen LogP contribution is 2.35. The van der Waals surface area contributed by atoms with Crippen molar-refractivity contribution in [3.8, 4) is 0 Å². The van der Waals surface area contributed by atoms with Gasteiger partial charge in [0.25, 0.3) is 0 Å². The van der Waals surface area contributed by atoms with Gasteiger partial charge in [-0.15, -0.1) is 0 Å². The minimum absolute atomic E-state index is 0.378. The number of aromatic nitrogens is 2. The maximum atomic E-state index is 5.58. The molecule has 0 radical (unpaired) electrons. The maximum Gasteiger partial charge on any atom is 0.131 e. The summed E-state index contributed by atoms with van der Waals surface area (Å²) in [7, 11) is 0. The molecule has 2 rings (SSSR count). The number of hydrogen-bond acceptors (Lipinski definition) is 3. The summed E-state index contributed by atoms with van der Waals surface area (Å²) in [6.45, 7) is 4.92. The van der Waals surface area contributed by atoms with Crippen molar-refractivity contribution < 1.29 is 0 Å². The molecule has 2 N–H and O–H groups in total. The summed E-state index contributed by atoms with van der Waals surface area (Å²) < 4.78 is 0. The number of nitrogens with two attached hydrogens (primary N) is 1. The van der Waals surface area contributed by atoms with Crippen LogP contribution in [-0.4, -0.2) is 16.5 Å². The summed E-state index contributed by atoms with van der Waals surface area (Å²) in [5.41, 5.74) is 7.93. The van der Waals surface area contributed by atoms with Gasteiger partial charge in [0.05, 0.1) is 0 Å². The largest absolute Gasteiger partial charge is 0.330 e. The second kappa shape index (κ2) is 4.91. The van der Waals surface area contributed by atoms with Gasteiger partial charge in [-0.3, -0.25) is 0 Å². The zero-order valence-electron chi connectivity index (χ0n) is 10.2. The minimum Gasteiger partial charge on any atom is -0.330 e. The minimum atomic E-state index is 0.378. The fraction of sp³-hybridized carbons (Fsp3) is 0.692. The van der Waals surface area contributed by atoms with Crippen molar-refractivity contribution in [1.82, 2.24) is 9.97 Å². The number of rotatable bonds is 4. The Labute approximate surface area is 97.5 Å². The summed E-state index contributed by atoms with van der Waals surface area (Å²) in [6, 6.07) is 2.14. The molecule has 1 heterocycles. The van der Waals surface area contributed by atoms with Crippen molar-refractivity contribution >= 4 is 0 Å². The van der Waals surface area contributed by atoms with Gasteiger partial charge >= 0.3 is 0 Å². The highest BCUT2D eigenvalue weighted by molar-refractivity contribution is 5.17. The fourth-order valence-electron chi connectivity index (χ4n) is 2.13. The molecule has 1 aromatic rings. The Morgan fingerprint density at radius 2 is 2.19 bits per heavy atom. The van der Waals surface area contributed by atoms with E-state index in [-0.39, 0.29) is 0 Å². The molecule has 3 nitrogen and oxygen atoms in total. The average molecular weight is 219 g/mol. The second-order valence-electron chi connectivity index (χ2n) is 4.90. The van der Waals surface area contributed by atoms with Crippen molar-refractivity contribution in [2.75, 3.05) is 6.54 Å². The zero-order chi connectivity index (χ0) is 11.5. The molecular formula is C13H21N3. The standard InChI is InChI=1S/C13H21N3/c1-9(6-7-14)13-15-10(2)8-12(16-13)11-4-3-5-11/h8-9,11H,3-7,14H2,1-2H3. The van der Waals surface area contributed by atoms with E-state index in [1.165, 1.54) is 25.0 Å². The second-order valence-corrected chi connectivity index (χ2v) is 4.90. The maximum absolute atomic E-state index is 5.58. The van der Waals surface area contributed by atoms with E-state index in [1.54, 1.807) is 0 Å². The lowest BCUT2D eigenvalue weighted by molar-refractivity contribution is 0.408. The van der Waals surface area contributed by atoms with E-state index in [0.29, 0.717) is 18.4 Å². The lowest BCUT2D eigenvalue weighted by atomic mass is 9.82. The molecule has 1 aromatic heterocycles. The monoisotopic (exact) mass is 219 g/mol. The molecule has 0 amide bonds. The van der Waals surface area contributed by atoms with Crippen LogP contribution in [0.5, 0.6) is 0 Å². The van der Waals surface area contributed by atoms with Crippen LogP contribution in [0.15, 0.2) is 6.07 Å². The Kier molecular flexibility index (Phi) is 3.54. The van der Waals surface area contributed by atoms with Crippen LogP contribution in [0.3, 0.4) is 0 Å². The van der Waals surface area contributed by atoms with Crippen molar-refractivity contribution in [3.63, 3.8) is 0 Å². The van der Waals surface area contributed by atoms with Crippen LogP contribution in [0.4, 0.5) is 0 Å². The molecule has 88 valence electrons. The van der Waals surface area contributed by atoms with Crippen LogP contribution < -0.4 is 5.73 Å². The van der Waals surface area contributed by atoms with Crippen molar-refractivity contribution in [1.29, 1.82) is 0 Å². The van der Waals surface area contributed by atoms with E-state index in [4.69, 9.17) is 10.7 Å². The smallest absolute Gasteiger partial charge is 0.131 e. The third-order valence-corrected chi connectivity index (χ3v) is 3.46. The third-order valence-electron chi connectivity index (χ3n) is 3.46. The first kappa shape index (κ1) is 11.5. The van der Waals surface area contributed by atoms with Gasteiger partial charge in [-0.2, -0.15) is 0 Å². The van der Waals surface area contributed by atoms with E-state index < -0.39 is 0 Å². The number of nitrogens with zero attached hydrogens (tertiary/aromatic N) is 2. The third kappa shape index (κ3) is 2.40. The first-order valence-corrected chi connectivity index (χ1v) is 6.26. The summed E-state index contributed by atoms with van der Waals surface area (Å²) in [5.74, 6) is 2.04. The molecule has 1 saturated carbocycles. The van der Waals surface area contributed by atoms with Gasteiger partial charge < -0.3 is 5.73 Å². The Bertz CT molecular complexity index is 358. The molecule has 0 aliphatic heterocycles. The van der Waals surface area contributed by atoms with E-state index in [2.05, 4.69) is 24.9 Å². The lowest BCUT2D eigenvalue weighted by Gasteiger charge is -2.25. The van der Waals surface area contributed by atoms with Crippen LogP contribution in [0, 0.1) is 6.92 Å². The molecule has 1 aliphatic rings. The van der Waals surface area contributed by atoms with Crippen LogP contribution >= 0.6 is 0 Å². The molecule has 0 saturated heterocycles. The first-order chi connectivity index (χ1) is 7.70. The van der Waals surface area contributed by atoms with Gasteiger partial charge in [0.1, 0.15) is 5.82 Å². The van der Waals surface area contributed by atoms with E-state index in [0.717, 1.165) is 17.9 Å². The summed E-state index contributed by atoms with van der Waals surface area (Å²) in [5, 5.41) is 0. The van der Waals surface area contributed by atoms with Crippen LogP contribution in [0.25, 0.3) is 0 Å². The first-order valence-electron chi connectivity index (χ1n) is 6.26. The van der Waals surface area contributed by atoms with E-state index in [1.807, 2.05) is 0 Å². The Balaban J connectivity index is 2.20. The normalized spacial score (nSPS) is 18.2. The quantitative estimate of drug-likeness (QED) is 0.846. The Hall–Kier alpha value is -0.960. The molecule has 0 aromatic carbocycles. The Morgan fingerprint density at radius 1 is 1.44 bits per heavy atom. The molecule has 1 fully saturated rings. The van der Waals surface area contributed by atoms with Crippen LogP contribution in [0.1, 0.15) is 61.7 Å². The molecule has 3 heteroatoms. The molecule has 1 unspecified atom stereocenters. The molecule has 0 bridgehead atoms. The highest BCUT2D eigenvalue weighted by Gasteiger charge is 2.22. The SMILES string of the molecule is Cc1cc(C2CCC2)nc(C(C)CCN)n1. The van der Waals surface area contributed by atoms with Crippen molar-refractivity contribution in [2.45, 2.75) is 51.4 Å². The number of aryl methyl sites for hydroxylation is 1. The predicted molar refractivity (Wildman–Crippen MR) is 65.4 cm³/mol. The van der Waals surface area contributed by atoms with Crippen LogP contribution in [-0.2, 0) is 0 Å². The van der Waals surface area contributed by atoms with Gasteiger partial charge in [0, 0.05) is 23.2 Å². The molecule has 16 heavy (non-hydrogen) atoms. The topological polar surface area (TPSA) is 51.8 Å². The summed E-state index contributed by atoms with van der Waals surface area (Å²) in [6.07, 6.45) is 4.90. The molecule has 0 spiro atoms.